The fourth-order valence-corrected chi connectivity index (χ4v) is 3.59. The standard InChI is InChI=1S/C17H19NS/c1-13-7-9-16(10-8-13)19-18-12-11-15-5-3-4-6-17(15)14(18)2/h3-10,14H,11-12H2,1-2H3. The van der Waals surface area contributed by atoms with Crippen LogP contribution in [0.4, 0.5) is 0 Å². The number of fused-ring (bicyclic) bond motifs is 1. The molecule has 98 valence electrons. The highest BCUT2D eigenvalue weighted by atomic mass is 32.2. The molecule has 0 saturated carbocycles. The zero-order valence-corrected chi connectivity index (χ0v) is 12.3. The second-order valence-corrected chi connectivity index (χ2v) is 6.29. The van der Waals surface area contributed by atoms with Crippen LogP contribution in [-0.2, 0) is 6.42 Å². The molecule has 1 aliphatic rings. The van der Waals surface area contributed by atoms with Gasteiger partial charge >= 0.3 is 0 Å². The SMILES string of the molecule is Cc1ccc(SN2CCc3ccccc3C2C)cc1. The van der Waals surface area contributed by atoms with Gasteiger partial charge in [0, 0.05) is 17.5 Å². The third kappa shape index (κ3) is 2.70. The molecule has 1 unspecified atom stereocenters. The predicted molar refractivity (Wildman–Crippen MR) is 82.3 cm³/mol. The van der Waals surface area contributed by atoms with Gasteiger partial charge in [-0.25, -0.2) is 4.31 Å². The van der Waals surface area contributed by atoms with Crippen molar-refractivity contribution in [2.75, 3.05) is 6.54 Å². The molecule has 0 aromatic heterocycles. The fraction of sp³-hybridized carbons (Fsp3) is 0.294. The molecule has 0 aliphatic carbocycles. The normalized spacial score (nSPS) is 19.2. The number of rotatable bonds is 2. The quantitative estimate of drug-likeness (QED) is 0.732. The van der Waals surface area contributed by atoms with E-state index in [-0.39, 0.29) is 0 Å². The molecule has 19 heavy (non-hydrogen) atoms. The lowest BCUT2D eigenvalue weighted by Crippen LogP contribution is -2.28. The van der Waals surface area contributed by atoms with Gasteiger partial charge < -0.3 is 0 Å². The minimum absolute atomic E-state index is 0.483. The van der Waals surface area contributed by atoms with E-state index < -0.39 is 0 Å². The summed E-state index contributed by atoms with van der Waals surface area (Å²) in [4.78, 5) is 1.33. The Morgan fingerprint density at radius 1 is 1.05 bits per heavy atom. The first kappa shape index (κ1) is 12.8. The second kappa shape index (κ2) is 5.40. The van der Waals surface area contributed by atoms with Gasteiger partial charge in [0.2, 0.25) is 0 Å². The Morgan fingerprint density at radius 2 is 1.79 bits per heavy atom. The Balaban J connectivity index is 1.79. The van der Waals surface area contributed by atoms with Gasteiger partial charge in [0.15, 0.2) is 0 Å². The summed E-state index contributed by atoms with van der Waals surface area (Å²) in [6.07, 6.45) is 1.15. The van der Waals surface area contributed by atoms with Gasteiger partial charge in [-0.05, 0) is 55.5 Å². The number of benzene rings is 2. The molecule has 0 amide bonds. The van der Waals surface area contributed by atoms with Crippen molar-refractivity contribution in [1.29, 1.82) is 0 Å². The van der Waals surface area contributed by atoms with E-state index in [1.165, 1.54) is 21.6 Å². The third-order valence-corrected chi connectivity index (χ3v) is 5.00. The van der Waals surface area contributed by atoms with Crippen molar-refractivity contribution in [3.8, 4) is 0 Å². The topological polar surface area (TPSA) is 3.24 Å². The second-order valence-electron chi connectivity index (χ2n) is 5.17. The fourth-order valence-electron chi connectivity index (χ4n) is 2.61. The van der Waals surface area contributed by atoms with Crippen LogP contribution in [0.3, 0.4) is 0 Å². The van der Waals surface area contributed by atoms with Crippen molar-refractivity contribution < 1.29 is 0 Å². The van der Waals surface area contributed by atoms with Gasteiger partial charge in [-0.1, -0.05) is 42.0 Å². The van der Waals surface area contributed by atoms with Gasteiger partial charge in [0.05, 0.1) is 0 Å². The number of aryl methyl sites for hydroxylation is 1. The highest BCUT2D eigenvalue weighted by molar-refractivity contribution is 7.97. The molecule has 0 spiro atoms. The Bertz CT molecular complexity index is 562. The maximum absolute atomic E-state index is 2.49. The summed E-state index contributed by atoms with van der Waals surface area (Å²) in [6, 6.07) is 18.1. The maximum atomic E-state index is 2.49. The summed E-state index contributed by atoms with van der Waals surface area (Å²) in [5, 5.41) is 0. The predicted octanol–water partition coefficient (Wildman–Crippen LogP) is 4.62. The first-order valence-corrected chi connectivity index (χ1v) is 7.60. The maximum Gasteiger partial charge on any atom is 0.0430 e. The van der Waals surface area contributed by atoms with Gasteiger partial charge in [0.1, 0.15) is 0 Å². The van der Waals surface area contributed by atoms with Gasteiger partial charge in [-0.2, -0.15) is 0 Å². The highest BCUT2D eigenvalue weighted by Gasteiger charge is 2.23. The van der Waals surface area contributed by atoms with Crippen LogP contribution >= 0.6 is 11.9 Å². The Hall–Kier alpha value is -1.25. The van der Waals surface area contributed by atoms with Crippen LogP contribution in [-0.4, -0.2) is 10.8 Å². The molecule has 0 saturated heterocycles. The lowest BCUT2D eigenvalue weighted by Gasteiger charge is -2.34. The lowest BCUT2D eigenvalue weighted by molar-refractivity contribution is 0.363. The molecular weight excluding hydrogens is 250 g/mol. The van der Waals surface area contributed by atoms with Crippen LogP contribution in [0.2, 0.25) is 0 Å². The first-order valence-electron chi connectivity index (χ1n) is 6.83. The van der Waals surface area contributed by atoms with Gasteiger partial charge in [-0.15, -0.1) is 0 Å². The lowest BCUT2D eigenvalue weighted by atomic mass is 9.96. The average Bonchev–Trinajstić information content (AvgIpc) is 2.45. The van der Waals surface area contributed by atoms with E-state index in [0.717, 1.165) is 13.0 Å². The summed E-state index contributed by atoms with van der Waals surface area (Å²) in [5.74, 6) is 0. The highest BCUT2D eigenvalue weighted by Crippen LogP contribution is 2.36. The largest absolute Gasteiger partial charge is 0.239 e. The van der Waals surface area contributed by atoms with Crippen molar-refractivity contribution in [2.24, 2.45) is 0 Å². The Kier molecular flexibility index (Phi) is 3.63. The third-order valence-electron chi connectivity index (χ3n) is 3.78. The molecule has 2 aromatic rings. The Morgan fingerprint density at radius 3 is 2.58 bits per heavy atom. The van der Waals surface area contributed by atoms with Gasteiger partial charge in [0.25, 0.3) is 0 Å². The van der Waals surface area contributed by atoms with Crippen LogP contribution in [0.15, 0.2) is 53.4 Å². The van der Waals surface area contributed by atoms with E-state index in [1.807, 2.05) is 11.9 Å². The molecule has 0 radical (unpaired) electrons. The van der Waals surface area contributed by atoms with Crippen molar-refractivity contribution in [2.45, 2.75) is 31.2 Å². The van der Waals surface area contributed by atoms with Crippen LogP contribution in [0, 0.1) is 6.92 Å². The molecule has 1 nitrogen and oxygen atoms in total. The monoisotopic (exact) mass is 269 g/mol. The zero-order chi connectivity index (χ0) is 13.2. The number of hydrogen-bond acceptors (Lipinski definition) is 2. The molecule has 1 heterocycles. The molecule has 2 aromatic carbocycles. The van der Waals surface area contributed by atoms with E-state index in [4.69, 9.17) is 0 Å². The van der Waals surface area contributed by atoms with Crippen LogP contribution in [0.25, 0.3) is 0 Å². The van der Waals surface area contributed by atoms with Gasteiger partial charge in [-0.3, -0.25) is 0 Å². The summed E-state index contributed by atoms with van der Waals surface area (Å²) in [5.41, 5.74) is 4.31. The van der Waals surface area contributed by atoms with Crippen molar-refractivity contribution in [1.82, 2.24) is 4.31 Å². The number of hydrogen-bond donors (Lipinski definition) is 0. The van der Waals surface area contributed by atoms with E-state index in [9.17, 15) is 0 Å². The molecule has 0 N–H and O–H groups in total. The van der Waals surface area contributed by atoms with Crippen LogP contribution in [0.5, 0.6) is 0 Å². The average molecular weight is 269 g/mol. The van der Waals surface area contributed by atoms with Crippen molar-refractivity contribution in [3.63, 3.8) is 0 Å². The summed E-state index contributed by atoms with van der Waals surface area (Å²) >= 11 is 1.88. The van der Waals surface area contributed by atoms with Crippen molar-refractivity contribution in [3.05, 3.63) is 65.2 Å². The minimum atomic E-state index is 0.483. The Labute approximate surface area is 119 Å². The molecule has 2 heteroatoms. The van der Waals surface area contributed by atoms with E-state index >= 15 is 0 Å². The number of nitrogens with zero attached hydrogens (tertiary/aromatic N) is 1. The van der Waals surface area contributed by atoms with E-state index in [2.05, 4.69) is 66.7 Å². The summed E-state index contributed by atoms with van der Waals surface area (Å²) < 4.78 is 2.49. The minimum Gasteiger partial charge on any atom is -0.239 e. The van der Waals surface area contributed by atoms with Crippen LogP contribution < -0.4 is 0 Å². The molecule has 1 aliphatic heterocycles. The molecular formula is C17H19NS. The molecule has 0 bridgehead atoms. The summed E-state index contributed by atoms with van der Waals surface area (Å²) in [6.45, 7) is 5.56. The summed E-state index contributed by atoms with van der Waals surface area (Å²) in [7, 11) is 0. The molecule has 3 rings (SSSR count). The molecule has 1 atom stereocenters. The zero-order valence-electron chi connectivity index (χ0n) is 11.5. The van der Waals surface area contributed by atoms with E-state index in [1.54, 1.807) is 0 Å². The smallest absolute Gasteiger partial charge is 0.0430 e. The van der Waals surface area contributed by atoms with Crippen LogP contribution in [0.1, 0.15) is 29.7 Å². The molecule has 0 fully saturated rings. The van der Waals surface area contributed by atoms with E-state index in [0.29, 0.717) is 6.04 Å². The first-order chi connectivity index (χ1) is 9.24. The van der Waals surface area contributed by atoms with Crippen molar-refractivity contribution >= 4 is 11.9 Å².